The maximum Gasteiger partial charge on any atom is 0.416 e. The van der Waals surface area contributed by atoms with Crippen LogP contribution in [-0.4, -0.2) is 42.0 Å². The average Bonchev–Trinajstić information content (AvgIpc) is 3.57. The minimum absolute atomic E-state index is 0.103. The summed E-state index contributed by atoms with van der Waals surface area (Å²) in [6.45, 7) is 3.03. The quantitative estimate of drug-likeness (QED) is 0.596. The van der Waals surface area contributed by atoms with Gasteiger partial charge in [0.1, 0.15) is 0 Å². The average molecular weight is 456 g/mol. The number of halogens is 3. The van der Waals surface area contributed by atoms with Gasteiger partial charge in [-0.25, -0.2) is 4.68 Å². The van der Waals surface area contributed by atoms with E-state index < -0.39 is 11.7 Å². The summed E-state index contributed by atoms with van der Waals surface area (Å²) in [6.07, 6.45) is -1.26. The molecule has 6 nitrogen and oxygen atoms in total. The number of ether oxygens (including phenoxy) is 1. The van der Waals surface area contributed by atoms with Crippen LogP contribution in [0.15, 0.2) is 54.7 Å². The van der Waals surface area contributed by atoms with Gasteiger partial charge in [-0.1, -0.05) is 6.07 Å². The van der Waals surface area contributed by atoms with Crippen molar-refractivity contribution in [3.8, 4) is 5.69 Å². The van der Waals surface area contributed by atoms with Gasteiger partial charge in [0.05, 0.1) is 41.9 Å². The number of anilines is 2. The van der Waals surface area contributed by atoms with Crippen LogP contribution in [-0.2, 0) is 10.9 Å². The van der Waals surface area contributed by atoms with Crippen molar-refractivity contribution in [2.45, 2.75) is 24.9 Å². The molecule has 1 amide bonds. The lowest BCUT2D eigenvalue weighted by molar-refractivity contribution is -0.137. The Labute approximate surface area is 189 Å². The van der Waals surface area contributed by atoms with Crippen LogP contribution in [0.4, 0.5) is 24.5 Å². The third-order valence-electron chi connectivity index (χ3n) is 5.93. The van der Waals surface area contributed by atoms with E-state index in [9.17, 15) is 18.0 Å². The van der Waals surface area contributed by atoms with Crippen LogP contribution < -0.4 is 10.2 Å². The van der Waals surface area contributed by atoms with Crippen molar-refractivity contribution in [1.29, 1.82) is 0 Å². The van der Waals surface area contributed by atoms with Gasteiger partial charge in [-0.2, -0.15) is 18.3 Å². The Morgan fingerprint density at radius 2 is 1.76 bits per heavy atom. The van der Waals surface area contributed by atoms with E-state index in [1.807, 2.05) is 24.3 Å². The molecule has 9 heteroatoms. The number of carbonyl (C=O) groups excluding carboxylic acids is 1. The Morgan fingerprint density at radius 1 is 1.03 bits per heavy atom. The molecule has 2 aromatic carbocycles. The van der Waals surface area contributed by atoms with Gasteiger partial charge in [0.25, 0.3) is 5.91 Å². The summed E-state index contributed by atoms with van der Waals surface area (Å²) in [7, 11) is 0. The molecule has 1 saturated heterocycles. The van der Waals surface area contributed by atoms with E-state index in [4.69, 9.17) is 4.74 Å². The van der Waals surface area contributed by atoms with Crippen molar-refractivity contribution in [3.05, 3.63) is 71.5 Å². The van der Waals surface area contributed by atoms with Crippen LogP contribution in [0.5, 0.6) is 0 Å². The van der Waals surface area contributed by atoms with Crippen molar-refractivity contribution >= 4 is 17.3 Å². The van der Waals surface area contributed by atoms with Crippen LogP contribution in [0.2, 0.25) is 0 Å². The van der Waals surface area contributed by atoms with E-state index in [-0.39, 0.29) is 11.8 Å². The molecule has 1 N–H and O–H groups in total. The van der Waals surface area contributed by atoms with Gasteiger partial charge >= 0.3 is 6.18 Å². The molecule has 1 saturated carbocycles. The molecule has 0 unspecified atom stereocenters. The summed E-state index contributed by atoms with van der Waals surface area (Å²) in [4.78, 5) is 15.3. The van der Waals surface area contributed by atoms with Crippen LogP contribution in [0, 0.1) is 0 Å². The normalized spacial score (nSPS) is 16.6. The predicted molar refractivity (Wildman–Crippen MR) is 118 cm³/mol. The Bertz CT molecular complexity index is 1150. The highest BCUT2D eigenvalue weighted by Gasteiger charge is 2.34. The first-order chi connectivity index (χ1) is 15.9. The molecule has 1 aliphatic heterocycles. The first-order valence-corrected chi connectivity index (χ1v) is 10.9. The number of nitrogens with zero attached hydrogens (tertiary/aromatic N) is 3. The Kier molecular flexibility index (Phi) is 5.57. The molecule has 0 spiro atoms. The topological polar surface area (TPSA) is 59.4 Å². The molecule has 1 aromatic heterocycles. The minimum Gasteiger partial charge on any atom is -0.378 e. The second-order valence-corrected chi connectivity index (χ2v) is 8.28. The Morgan fingerprint density at radius 3 is 2.42 bits per heavy atom. The summed E-state index contributed by atoms with van der Waals surface area (Å²) in [6, 6.07) is 12.6. The number of aromatic nitrogens is 2. The number of nitrogens with one attached hydrogen (secondary N) is 1. The van der Waals surface area contributed by atoms with Crippen LogP contribution >= 0.6 is 0 Å². The van der Waals surface area contributed by atoms with E-state index in [1.165, 1.54) is 16.9 Å². The summed E-state index contributed by atoms with van der Waals surface area (Å²) >= 11 is 0. The molecule has 2 aliphatic rings. The largest absolute Gasteiger partial charge is 0.416 e. The highest BCUT2D eigenvalue weighted by atomic mass is 19.4. The van der Waals surface area contributed by atoms with Crippen molar-refractivity contribution in [3.63, 3.8) is 0 Å². The Hall–Kier alpha value is -3.33. The second kappa shape index (κ2) is 8.55. The van der Waals surface area contributed by atoms with E-state index in [2.05, 4.69) is 15.3 Å². The molecular weight excluding hydrogens is 433 g/mol. The van der Waals surface area contributed by atoms with Gasteiger partial charge in [-0.15, -0.1) is 0 Å². The fraction of sp³-hybridized carbons (Fsp3) is 0.333. The van der Waals surface area contributed by atoms with Gasteiger partial charge in [-0.05, 0) is 55.3 Å². The van der Waals surface area contributed by atoms with Crippen molar-refractivity contribution in [2.24, 2.45) is 0 Å². The number of alkyl halides is 3. The molecule has 2 heterocycles. The monoisotopic (exact) mass is 456 g/mol. The molecule has 0 bridgehead atoms. The summed E-state index contributed by atoms with van der Waals surface area (Å²) in [5, 5.41) is 7.18. The minimum atomic E-state index is -4.45. The third-order valence-corrected chi connectivity index (χ3v) is 5.93. The predicted octanol–water partition coefficient (Wildman–Crippen LogP) is 4.86. The molecule has 0 atom stereocenters. The number of hydrogen-bond acceptors (Lipinski definition) is 4. The maximum absolute atomic E-state index is 13.2. The number of hydrogen-bond donors (Lipinski definition) is 1. The zero-order chi connectivity index (χ0) is 23.0. The van der Waals surface area contributed by atoms with Gasteiger partial charge < -0.3 is 15.0 Å². The lowest BCUT2D eigenvalue weighted by atomic mass is 10.1. The van der Waals surface area contributed by atoms with Gasteiger partial charge in [0.2, 0.25) is 0 Å². The van der Waals surface area contributed by atoms with Crippen molar-refractivity contribution in [1.82, 2.24) is 9.78 Å². The van der Waals surface area contributed by atoms with Crippen LogP contribution in [0.25, 0.3) is 5.69 Å². The van der Waals surface area contributed by atoms with Gasteiger partial charge in [0, 0.05) is 30.4 Å². The molecule has 33 heavy (non-hydrogen) atoms. The Balaban J connectivity index is 1.38. The zero-order valence-electron chi connectivity index (χ0n) is 17.8. The second-order valence-electron chi connectivity index (χ2n) is 8.28. The van der Waals surface area contributed by atoms with Crippen molar-refractivity contribution in [2.75, 3.05) is 36.5 Å². The molecule has 1 aliphatic carbocycles. The lowest BCUT2D eigenvalue weighted by Gasteiger charge is -2.28. The standard InChI is InChI=1S/C24H23F3N4O2/c25-24(26,27)17-2-1-3-20(14-17)31-22(16-4-5-16)21(15-28-31)23(32)29-18-6-8-19(9-7-18)30-10-12-33-13-11-30/h1-3,6-9,14-16H,4-5,10-13H2,(H,29,32). The number of rotatable bonds is 5. The number of morpholine rings is 1. The molecular formula is C24H23F3N4O2. The van der Waals surface area contributed by atoms with E-state index >= 15 is 0 Å². The molecule has 3 aromatic rings. The third kappa shape index (κ3) is 4.59. The molecule has 172 valence electrons. The number of benzene rings is 2. The number of amides is 1. The van der Waals surface area contributed by atoms with Crippen molar-refractivity contribution < 1.29 is 22.7 Å². The van der Waals surface area contributed by atoms with E-state index in [1.54, 1.807) is 6.07 Å². The fourth-order valence-electron chi connectivity index (χ4n) is 4.08. The molecule has 5 rings (SSSR count). The fourth-order valence-corrected chi connectivity index (χ4v) is 4.08. The van der Waals surface area contributed by atoms with Gasteiger partial charge in [-0.3, -0.25) is 4.79 Å². The van der Waals surface area contributed by atoms with Crippen LogP contribution in [0.3, 0.4) is 0 Å². The smallest absolute Gasteiger partial charge is 0.378 e. The van der Waals surface area contributed by atoms with E-state index in [0.717, 1.165) is 43.8 Å². The zero-order valence-corrected chi connectivity index (χ0v) is 17.8. The first-order valence-electron chi connectivity index (χ1n) is 10.9. The summed E-state index contributed by atoms with van der Waals surface area (Å²) < 4.78 is 46.4. The summed E-state index contributed by atoms with van der Waals surface area (Å²) in [5.74, 6) is -0.222. The van der Waals surface area contributed by atoms with Gasteiger partial charge in [0.15, 0.2) is 0 Å². The van der Waals surface area contributed by atoms with E-state index in [0.29, 0.717) is 35.8 Å². The first kappa shape index (κ1) is 21.5. The molecule has 0 radical (unpaired) electrons. The highest BCUT2D eigenvalue weighted by molar-refractivity contribution is 6.05. The molecule has 2 fully saturated rings. The SMILES string of the molecule is O=C(Nc1ccc(N2CCOCC2)cc1)c1cnn(-c2cccc(C(F)(F)F)c2)c1C1CC1. The number of carbonyl (C=O) groups is 1. The lowest BCUT2D eigenvalue weighted by Crippen LogP contribution is -2.36. The highest BCUT2D eigenvalue weighted by Crippen LogP contribution is 2.43. The summed E-state index contributed by atoms with van der Waals surface area (Å²) in [5.41, 5.74) is 2.28. The van der Waals surface area contributed by atoms with Crippen LogP contribution in [0.1, 0.15) is 40.4 Å². The maximum atomic E-state index is 13.2.